The number of carbonyl (C=O) groups excluding carboxylic acids is 1. The van der Waals surface area contributed by atoms with Gasteiger partial charge < -0.3 is 25.3 Å². The minimum Gasteiger partial charge on any atom is -0.383 e. The number of benzene rings is 1. The van der Waals surface area contributed by atoms with Crippen molar-refractivity contribution in [1.29, 1.82) is 0 Å². The minimum atomic E-state index is -4.44. The number of methoxy groups -OCH3 is 1. The summed E-state index contributed by atoms with van der Waals surface area (Å²) in [5, 5.41) is 3.45. The van der Waals surface area contributed by atoms with Crippen molar-refractivity contribution < 1.29 is 32.2 Å². The molecule has 2 aromatic heterocycles. The van der Waals surface area contributed by atoms with Gasteiger partial charge in [0.15, 0.2) is 0 Å². The molecule has 2 aliphatic rings. The topological polar surface area (TPSA) is 109 Å². The Morgan fingerprint density at radius 2 is 1.89 bits per heavy atom. The highest BCUT2D eigenvalue weighted by molar-refractivity contribution is 5.99. The molecule has 0 spiro atoms. The van der Waals surface area contributed by atoms with Crippen molar-refractivity contribution >= 4 is 22.6 Å². The smallest absolute Gasteiger partial charge is 0.383 e. The number of amides is 1. The third-order valence-corrected chi connectivity index (χ3v) is 6.07. The molecule has 0 saturated carbocycles. The fraction of sp³-hybridized carbons (Fsp3) is 0.400. The van der Waals surface area contributed by atoms with Gasteiger partial charge in [-0.15, -0.1) is 0 Å². The fourth-order valence-electron chi connectivity index (χ4n) is 3.99. The number of carbonyl (C=O) groups is 1. The van der Waals surface area contributed by atoms with Crippen molar-refractivity contribution in [3.8, 4) is 0 Å². The third-order valence-electron chi connectivity index (χ3n) is 6.07. The van der Waals surface area contributed by atoms with Crippen molar-refractivity contribution in [3.63, 3.8) is 0 Å². The number of hydrogen-bond donors (Lipinski definition) is 2. The summed E-state index contributed by atoms with van der Waals surface area (Å²) in [4.78, 5) is 20.5. The Kier molecular flexibility index (Phi) is 8.02. The van der Waals surface area contributed by atoms with Crippen LogP contribution in [-0.4, -0.2) is 42.3 Å². The molecular formula is C25H27F3N4O4. The first-order chi connectivity index (χ1) is 17.3. The van der Waals surface area contributed by atoms with Gasteiger partial charge in [-0.2, -0.15) is 13.2 Å². The summed E-state index contributed by atoms with van der Waals surface area (Å²) in [6.07, 6.45) is -1.10. The molecule has 4 heterocycles. The Morgan fingerprint density at radius 1 is 1.14 bits per heavy atom. The van der Waals surface area contributed by atoms with Gasteiger partial charge in [0, 0.05) is 43.0 Å². The van der Waals surface area contributed by atoms with E-state index in [1.807, 2.05) is 0 Å². The Balaban J connectivity index is 0.000000325. The van der Waals surface area contributed by atoms with E-state index in [1.165, 1.54) is 6.07 Å². The van der Waals surface area contributed by atoms with E-state index in [4.69, 9.17) is 19.9 Å². The van der Waals surface area contributed by atoms with Gasteiger partial charge in [-0.1, -0.05) is 0 Å². The Morgan fingerprint density at radius 3 is 2.53 bits per heavy atom. The van der Waals surface area contributed by atoms with Gasteiger partial charge in [0.2, 0.25) is 0 Å². The lowest BCUT2D eigenvalue weighted by atomic mass is 10.0. The van der Waals surface area contributed by atoms with Crippen LogP contribution in [0.2, 0.25) is 0 Å². The number of alkyl halides is 3. The van der Waals surface area contributed by atoms with Crippen LogP contribution in [-0.2, 0) is 40.1 Å². The summed E-state index contributed by atoms with van der Waals surface area (Å²) in [6, 6.07) is 7.21. The summed E-state index contributed by atoms with van der Waals surface area (Å²) in [7, 11) is 1.76. The zero-order valence-corrected chi connectivity index (χ0v) is 19.7. The largest absolute Gasteiger partial charge is 0.417 e. The van der Waals surface area contributed by atoms with E-state index < -0.39 is 11.7 Å². The molecule has 192 valence electrons. The van der Waals surface area contributed by atoms with Crippen molar-refractivity contribution in [2.24, 2.45) is 0 Å². The second-order valence-electron chi connectivity index (χ2n) is 8.44. The molecule has 36 heavy (non-hydrogen) atoms. The highest BCUT2D eigenvalue weighted by Crippen LogP contribution is 2.31. The molecule has 1 fully saturated rings. The molecule has 8 nitrogen and oxygen atoms in total. The van der Waals surface area contributed by atoms with E-state index in [-0.39, 0.29) is 12.5 Å². The fourth-order valence-corrected chi connectivity index (χ4v) is 3.99. The van der Waals surface area contributed by atoms with E-state index in [2.05, 4.69) is 15.3 Å². The molecule has 3 N–H and O–H groups in total. The Bertz CT molecular complexity index is 1210. The molecule has 0 aliphatic carbocycles. The van der Waals surface area contributed by atoms with Crippen LogP contribution in [0, 0.1) is 0 Å². The number of pyridine rings is 2. The first-order valence-electron chi connectivity index (χ1n) is 11.5. The van der Waals surface area contributed by atoms with Gasteiger partial charge in [-0.05, 0) is 48.7 Å². The number of nitrogens with two attached hydrogens (primary N) is 1. The quantitative estimate of drug-likeness (QED) is 0.553. The van der Waals surface area contributed by atoms with Gasteiger partial charge in [-0.25, -0.2) is 4.98 Å². The molecular weight excluding hydrogens is 477 g/mol. The van der Waals surface area contributed by atoms with Gasteiger partial charge in [0.1, 0.15) is 5.82 Å². The van der Waals surface area contributed by atoms with Crippen LogP contribution in [0.15, 0.2) is 36.5 Å². The first-order valence-corrected chi connectivity index (χ1v) is 11.5. The van der Waals surface area contributed by atoms with E-state index in [0.29, 0.717) is 41.9 Å². The average Bonchev–Trinajstić information content (AvgIpc) is 3.39. The van der Waals surface area contributed by atoms with Gasteiger partial charge in [0.05, 0.1) is 42.6 Å². The summed E-state index contributed by atoms with van der Waals surface area (Å²) < 4.78 is 53.4. The summed E-state index contributed by atoms with van der Waals surface area (Å²) >= 11 is 0. The lowest BCUT2D eigenvalue weighted by Crippen LogP contribution is -2.23. The monoisotopic (exact) mass is 504 g/mol. The maximum absolute atomic E-state index is 12.6. The molecule has 1 saturated heterocycles. The molecule has 5 rings (SSSR count). The Labute approximate surface area is 206 Å². The lowest BCUT2D eigenvalue weighted by molar-refractivity contribution is -0.137. The second kappa shape index (κ2) is 11.2. The molecule has 2 aliphatic heterocycles. The predicted molar refractivity (Wildman–Crippen MR) is 126 cm³/mol. The number of rotatable bonds is 4. The highest BCUT2D eigenvalue weighted by Gasteiger charge is 2.30. The molecule has 3 aromatic rings. The van der Waals surface area contributed by atoms with Crippen molar-refractivity contribution in [2.75, 3.05) is 26.1 Å². The molecule has 0 unspecified atom stereocenters. The van der Waals surface area contributed by atoms with Crippen LogP contribution in [0.3, 0.4) is 0 Å². The Hall–Kier alpha value is -3.28. The van der Waals surface area contributed by atoms with Crippen LogP contribution < -0.4 is 11.1 Å². The zero-order valence-electron chi connectivity index (χ0n) is 19.7. The molecule has 1 aromatic carbocycles. The van der Waals surface area contributed by atoms with Crippen LogP contribution in [0.5, 0.6) is 0 Å². The molecule has 0 radical (unpaired) electrons. The van der Waals surface area contributed by atoms with Crippen LogP contribution in [0.4, 0.5) is 19.0 Å². The van der Waals surface area contributed by atoms with Gasteiger partial charge >= 0.3 is 6.18 Å². The summed E-state index contributed by atoms with van der Waals surface area (Å²) in [5.41, 5.74) is 8.25. The van der Waals surface area contributed by atoms with Gasteiger partial charge in [-0.3, -0.25) is 9.78 Å². The van der Waals surface area contributed by atoms with Gasteiger partial charge in [0.25, 0.3) is 5.91 Å². The maximum Gasteiger partial charge on any atom is 0.417 e. The number of hydrogen-bond acceptors (Lipinski definition) is 7. The summed E-state index contributed by atoms with van der Waals surface area (Å²) in [6.45, 7) is 2.55. The number of halogens is 3. The number of aromatic nitrogens is 2. The molecule has 0 bridgehead atoms. The van der Waals surface area contributed by atoms with E-state index in [1.54, 1.807) is 25.3 Å². The second-order valence-corrected chi connectivity index (χ2v) is 8.44. The predicted octanol–water partition coefficient (Wildman–Crippen LogP) is 4.00. The van der Waals surface area contributed by atoms with E-state index in [0.717, 1.165) is 54.8 Å². The third kappa shape index (κ3) is 6.10. The minimum absolute atomic E-state index is 0.0101. The normalized spacial score (nSPS) is 15.8. The van der Waals surface area contributed by atoms with Crippen molar-refractivity contribution in [2.45, 2.75) is 44.9 Å². The number of nitrogens with zero attached hydrogens (tertiary/aromatic N) is 2. The van der Waals surface area contributed by atoms with Crippen LogP contribution >= 0.6 is 0 Å². The number of ether oxygens (including phenoxy) is 3. The number of nitrogens with one attached hydrogen (secondary N) is 1. The maximum atomic E-state index is 12.6. The van der Waals surface area contributed by atoms with Crippen molar-refractivity contribution in [1.82, 2.24) is 15.3 Å². The average molecular weight is 505 g/mol. The molecule has 1 amide bonds. The lowest BCUT2D eigenvalue weighted by Gasteiger charge is -2.19. The standard InChI is InChI=1S/C19H15F3N4O2.C6H12O2/c20-19(21,22)11-2-3-12(24-6-11)7-25-18(27)10-1-4-16-13(5-10)14-8-28-9-15(14)17(23)26-16;1-7-6-2-4-8-5-3-6/h1-6H,7-9H2,(H2,23,26)(H,25,27);6H,2-5H2,1H3. The zero-order chi connectivity index (χ0) is 25.7. The number of fused-ring (bicyclic) bond motifs is 3. The van der Waals surface area contributed by atoms with E-state index in [9.17, 15) is 18.0 Å². The van der Waals surface area contributed by atoms with E-state index >= 15 is 0 Å². The number of anilines is 1. The van der Waals surface area contributed by atoms with Crippen molar-refractivity contribution in [3.05, 3.63) is 64.5 Å². The first kappa shape index (κ1) is 25.8. The SMILES string of the molecule is COC1CCOCC1.Nc1nc2ccc(C(=O)NCc3ccc(C(F)(F)F)cn3)cc2c2c1COC2. The summed E-state index contributed by atoms with van der Waals surface area (Å²) in [5.74, 6) is 0.0543. The van der Waals surface area contributed by atoms with Crippen LogP contribution in [0.1, 0.15) is 45.6 Å². The highest BCUT2D eigenvalue weighted by atomic mass is 19.4. The molecule has 11 heteroatoms. The van der Waals surface area contributed by atoms with Crippen LogP contribution in [0.25, 0.3) is 10.9 Å². The molecule has 0 atom stereocenters. The number of nitrogen functional groups attached to an aromatic ring is 1.